The lowest BCUT2D eigenvalue weighted by atomic mass is 9.85. The van der Waals surface area contributed by atoms with Gasteiger partial charge in [-0.1, -0.05) is 97.9 Å². The summed E-state index contributed by atoms with van der Waals surface area (Å²) >= 11 is 8.72. The quantitative estimate of drug-likeness (QED) is 0.0666. The zero-order valence-electron chi connectivity index (χ0n) is 24.8. The van der Waals surface area contributed by atoms with Gasteiger partial charge in [0.05, 0.1) is 17.3 Å². The van der Waals surface area contributed by atoms with Crippen LogP contribution in [0.3, 0.4) is 0 Å². The van der Waals surface area contributed by atoms with E-state index in [1.165, 1.54) is 28.0 Å². The van der Waals surface area contributed by atoms with Crippen LogP contribution in [-0.4, -0.2) is 36.4 Å². The highest BCUT2D eigenvalue weighted by Crippen LogP contribution is 2.44. The third-order valence-electron chi connectivity index (χ3n) is 7.72. The van der Waals surface area contributed by atoms with Gasteiger partial charge in [0.2, 0.25) is 5.13 Å². The van der Waals surface area contributed by atoms with Gasteiger partial charge in [-0.3, -0.25) is 14.5 Å². The second kappa shape index (κ2) is 11.5. The van der Waals surface area contributed by atoms with Crippen LogP contribution in [0, 0.1) is 13.8 Å². The molecule has 1 aliphatic rings. The Bertz CT molecular complexity index is 1940. The van der Waals surface area contributed by atoms with Gasteiger partial charge in [0.25, 0.3) is 5.78 Å². The fourth-order valence-electron chi connectivity index (χ4n) is 5.27. The lowest BCUT2D eigenvalue weighted by molar-refractivity contribution is -0.132. The number of rotatable bonds is 6. The predicted octanol–water partition coefficient (Wildman–Crippen LogP) is 7.67. The average Bonchev–Trinajstić information content (AvgIpc) is 3.67. The van der Waals surface area contributed by atoms with Crippen LogP contribution in [0.1, 0.15) is 60.5 Å². The number of aliphatic hydroxyl groups excluding tert-OH is 1. The second-order valence-corrected chi connectivity index (χ2v) is 14.4. The number of benzene rings is 2. The van der Waals surface area contributed by atoms with Crippen LogP contribution in [0.5, 0.6) is 0 Å². The number of pyridine rings is 1. The molecule has 5 aromatic rings. The number of amides is 1. The van der Waals surface area contributed by atoms with E-state index in [0.29, 0.717) is 32.0 Å². The monoisotopic (exact) mass is 643 g/mol. The van der Waals surface area contributed by atoms with Gasteiger partial charge in [0.15, 0.2) is 10.1 Å². The van der Waals surface area contributed by atoms with Crippen LogP contribution >= 0.6 is 34.7 Å². The second-order valence-electron chi connectivity index (χ2n) is 11.7. The van der Waals surface area contributed by atoms with E-state index in [0.717, 1.165) is 16.7 Å². The highest BCUT2D eigenvalue weighted by molar-refractivity contribution is 8.00. The summed E-state index contributed by atoms with van der Waals surface area (Å²) in [4.78, 5) is 33.5. The van der Waals surface area contributed by atoms with E-state index in [-0.39, 0.29) is 27.6 Å². The molecule has 1 fully saturated rings. The van der Waals surface area contributed by atoms with Crippen molar-refractivity contribution in [1.82, 2.24) is 19.6 Å². The summed E-state index contributed by atoms with van der Waals surface area (Å²) in [5.74, 6) is -1.27. The number of aryl methyl sites for hydroxylation is 2. The maximum Gasteiger partial charge on any atom is 0.301 e. The Morgan fingerprint density at radius 2 is 1.73 bits per heavy atom. The van der Waals surface area contributed by atoms with Crippen molar-refractivity contribution in [1.29, 1.82) is 0 Å². The van der Waals surface area contributed by atoms with Crippen LogP contribution in [0.25, 0.3) is 11.4 Å². The zero-order chi connectivity index (χ0) is 31.3. The highest BCUT2D eigenvalue weighted by atomic mass is 35.5. The SMILES string of the molecule is Cc1cccn2c(C)c(/C(O)=C3\C(=O)C(=O)N(c4nnc(SCc5ccc(Cl)cc5)s4)C3c3ccc(C(C)(C)C)cc3)nc12. The van der Waals surface area contributed by atoms with Gasteiger partial charge in [-0.05, 0) is 59.7 Å². The average molecular weight is 644 g/mol. The number of Topliss-reactive ketones (excluding diaryl/α,β-unsaturated/α-hetero) is 1. The molecule has 0 bridgehead atoms. The number of aliphatic hydroxyl groups is 1. The number of fused-ring (bicyclic) bond motifs is 1. The number of nitrogens with zero attached hydrogens (tertiary/aromatic N) is 5. The third kappa shape index (κ3) is 5.42. The summed E-state index contributed by atoms with van der Waals surface area (Å²) in [6.45, 7) is 10.1. The predicted molar refractivity (Wildman–Crippen MR) is 176 cm³/mol. The van der Waals surface area contributed by atoms with Gasteiger partial charge in [-0.25, -0.2) is 4.98 Å². The number of anilines is 1. The van der Waals surface area contributed by atoms with Crippen LogP contribution in [0.2, 0.25) is 5.02 Å². The summed E-state index contributed by atoms with van der Waals surface area (Å²) in [5.41, 5.74) is 5.20. The van der Waals surface area contributed by atoms with Crippen LogP contribution in [-0.2, 0) is 20.8 Å². The van der Waals surface area contributed by atoms with Crippen LogP contribution in [0.15, 0.2) is 76.8 Å². The Balaban J connectivity index is 1.44. The fourth-order valence-corrected chi connectivity index (χ4v) is 7.22. The molecule has 1 atom stereocenters. The first-order valence-electron chi connectivity index (χ1n) is 14.0. The summed E-state index contributed by atoms with van der Waals surface area (Å²) < 4.78 is 2.51. The van der Waals surface area contributed by atoms with Gasteiger partial charge in [0.1, 0.15) is 11.3 Å². The first kappa shape index (κ1) is 30.1. The fraction of sp³-hybridized carbons (Fsp3) is 0.242. The molecule has 0 saturated carbocycles. The van der Waals surface area contributed by atoms with Gasteiger partial charge in [-0.15, -0.1) is 10.2 Å². The number of halogens is 1. The number of hydrogen-bond acceptors (Lipinski definition) is 8. The molecular weight excluding hydrogens is 614 g/mol. The standard InChI is InChI=1S/C33H30ClN5O3S2/c1-18-7-6-16-38-19(2)25(35-29(18)38)27(40)24-26(21-10-12-22(13-11-21)33(3,4)5)39(30(42)28(24)41)31-36-37-32(44-31)43-17-20-8-14-23(34)15-9-20/h6-16,26,40H,17H2,1-5H3/b27-24+. The maximum absolute atomic E-state index is 13.7. The minimum atomic E-state index is -0.920. The Morgan fingerprint density at radius 1 is 1.02 bits per heavy atom. The molecule has 11 heteroatoms. The van der Waals surface area contributed by atoms with Gasteiger partial charge in [0, 0.05) is 17.0 Å². The van der Waals surface area contributed by atoms with Crippen molar-refractivity contribution in [2.45, 2.75) is 56.2 Å². The molecule has 1 amide bonds. The van der Waals surface area contributed by atoms with E-state index in [4.69, 9.17) is 11.6 Å². The van der Waals surface area contributed by atoms with Gasteiger partial charge < -0.3 is 9.51 Å². The molecule has 0 spiro atoms. The summed E-state index contributed by atoms with van der Waals surface area (Å²) in [5, 5.41) is 21.3. The lowest BCUT2D eigenvalue weighted by Gasteiger charge is -2.24. The van der Waals surface area contributed by atoms with Crippen molar-refractivity contribution in [3.63, 3.8) is 0 Å². The largest absolute Gasteiger partial charge is 0.505 e. The number of carbonyl (C=O) groups is 2. The number of hydrogen-bond donors (Lipinski definition) is 1. The molecule has 1 unspecified atom stereocenters. The highest BCUT2D eigenvalue weighted by Gasteiger charge is 2.49. The first-order chi connectivity index (χ1) is 20.9. The Hall–Kier alpha value is -3.99. The first-order valence-corrected chi connectivity index (χ1v) is 16.2. The smallest absolute Gasteiger partial charge is 0.301 e. The Kier molecular flexibility index (Phi) is 7.85. The van der Waals surface area contributed by atoms with Crippen molar-refractivity contribution in [2.75, 3.05) is 4.90 Å². The topological polar surface area (TPSA) is 101 Å². The summed E-state index contributed by atoms with van der Waals surface area (Å²) in [6, 6.07) is 18.2. The molecule has 224 valence electrons. The van der Waals surface area contributed by atoms with Crippen molar-refractivity contribution < 1.29 is 14.7 Å². The molecule has 3 aromatic heterocycles. The molecule has 1 N–H and O–H groups in total. The molecule has 0 radical (unpaired) electrons. The third-order valence-corrected chi connectivity index (χ3v) is 10.1. The Labute approximate surface area is 268 Å². The molecule has 4 heterocycles. The maximum atomic E-state index is 13.7. The molecule has 44 heavy (non-hydrogen) atoms. The number of ketones is 1. The molecule has 6 rings (SSSR count). The number of thioether (sulfide) groups is 1. The van der Waals surface area contributed by atoms with Crippen LogP contribution < -0.4 is 4.90 Å². The molecular formula is C33H30ClN5O3S2. The normalized spacial score (nSPS) is 16.8. The van der Waals surface area contributed by atoms with Crippen LogP contribution in [0.4, 0.5) is 5.13 Å². The molecule has 2 aromatic carbocycles. The number of carbonyl (C=O) groups excluding carboxylic acids is 2. The van der Waals surface area contributed by atoms with Crippen molar-refractivity contribution >= 4 is 62.9 Å². The van der Waals surface area contributed by atoms with Crippen molar-refractivity contribution in [3.8, 4) is 0 Å². The van der Waals surface area contributed by atoms with Gasteiger partial charge >= 0.3 is 5.91 Å². The molecule has 1 aliphatic heterocycles. The molecule has 8 nitrogen and oxygen atoms in total. The van der Waals surface area contributed by atoms with Crippen molar-refractivity contribution in [2.24, 2.45) is 0 Å². The Morgan fingerprint density at radius 3 is 2.39 bits per heavy atom. The van der Waals surface area contributed by atoms with E-state index >= 15 is 0 Å². The summed E-state index contributed by atoms with van der Waals surface area (Å²) in [6.07, 6.45) is 1.85. The van der Waals surface area contributed by atoms with E-state index < -0.39 is 17.7 Å². The van der Waals surface area contributed by atoms with Crippen molar-refractivity contribution in [3.05, 3.63) is 111 Å². The number of aromatic nitrogens is 4. The lowest BCUT2D eigenvalue weighted by Crippen LogP contribution is -2.29. The molecule has 1 saturated heterocycles. The van der Waals surface area contributed by atoms with E-state index in [1.807, 2.05) is 85.1 Å². The van der Waals surface area contributed by atoms with E-state index in [9.17, 15) is 14.7 Å². The van der Waals surface area contributed by atoms with Gasteiger partial charge in [-0.2, -0.15) is 0 Å². The summed E-state index contributed by atoms with van der Waals surface area (Å²) in [7, 11) is 0. The number of imidazole rings is 1. The van der Waals surface area contributed by atoms with E-state index in [1.54, 1.807) is 0 Å². The molecule has 0 aliphatic carbocycles. The zero-order valence-corrected chi connectivity index (χ0v) is 27.2. The van der Waals surface area contributed by atoms with E-state index in [2.05, 4.69) is 36.0 Å². The minimum Gasteiger partial charge on any atom is -0.505 e. The minimum absolute atomic E-state index is 0.0340.